The van der Waals surface area contributed by atoms with Crippen LogP contribution in [0.1, 0.15) is 40.7 Å². The molecule has 1 fully saturated rings. The zero-order valence-corrected chi connectivity index (χ0v) is 17.7. The predicted molar refractivity (Wildman–Crippen MR) is 119 cm³/mol. The Balaban J connectivity index is 1.49. The molecule has 6 heteroatoms. The number of rotatable bonds is 4. The third kappa shape index (κ3) is 4.28. The maximum absolute atomic E-state index is 12.3. The number of carbonyl (C=O) groups excluding carboxylic acids is 2. The van der Waals surface area contributed by atoms with Crippen LogP contribution in [0.3, 0.4) is 0 Å². The highest BCUT2D eigenvalue weighted by molar-refractivity contribution is 14.1. The molecule has 0 aromatic heterocycles. The van der Waals surface area contributed by atoms with Gasteiger partial charge in [0, 0.05) is 33.1 Å². The molecule has 0 unspecified atom stereocenters. The van der Waals surface area contributed by atoms with Crippen molar-refractivity contribution in [1.82, 2.24) is 10.2 Å². The smallest absolute Gasteiger partial charge is 0.260 e. The summed E-state index contributed by atoms with van der Waals surface area (Å²) in [5, 5.41) is 5.60. The van der Waals surface area contributed by atoms with E-state index in [0.717, 1.165) is 15.8 Å². The summed E-state index contributed by atoms with van der Waals surface area (Å²) in [7, 11) is 0. The highest BCUT2D eigenvalue weighted by atomic mass is 127. The fourth-order valence-electron chi connectivity index (χ4n) is 3.68. The van der Waals surface area contributed by atoms with Gasteiger partial charge in [-0.1, -0.05) is 18.6 Å². The predicted octanol–water partition coefficient (Wildman–Crippen LogP) is 4.00. The Morgan fingerprint density at radius 3 is 2.46 bits per heavy atom. The van der Waals surface area contributed by atoms with E-state index in [0.29, 0.717) is 16.7 Å². The monoisotopic (exact) mass is 487 g/mol. The molecule has 1 saturated heterocycles. The molecule has 0 bridgehead atoms. The largest absolute Gasteiger partial charge is 0.361 e. The third-order valence-corrected chi connectivity index (χ3v) is 5.85. The Hall–Kier alpha value is -2.19. The first-order chi connectivity index (χ1) is 13.6. The van der Waals surface area contributed by atoms with E-state index >= 15 is 0 Å². The van der Waals surface area contributed by atoms with E-state index in [9.17, 15) is 9.59 Å². The van der Waals surface area contributed by atoms with E-state index in [4.69, 9.17) is 0 Å². The Morgan fingerprint density at radius 1 is 0.964 bits per heavy atom. The number of fused-ring (bicyclic) bond motifs is 1. The van der Waals surface area contributed by atoms with Gasteiger partial charge in [0.05, 0.1) is 5.57 Å². The number of likely N-dealkylation sites (tertiary alicyclic amines) is 1. The molecule has 0 atom stereocenters. The normalized spacial score (nSPS) is 18.7. The van der Waals surface area contributed by atoms with Gasteiger partial charge in [0.2, 0.25) is 0 Å². The number of halogens is 1. The minimum absolute atomic E-state index is 0.351. The molecule has 2 aliphatic rings. The lowest BCUT2D eigenvalue weighted by atomic mass is 9.95. The molecule has 2 aromatic carbocycles. The Morgan fingerprint density at radius 2 is 1.71 bits per heavy atom. The van der Waals surface area contributed by atoms with Crippen LogP contribution in [0.4, 0.5) is 5.69 Å². The van der Waals surface area contributed by atoms with E-state index in [2.05, 4.69) is 50.3 Å². The maximum atomic E-state index is 12.3. The van der Waals surface area contributed by atoms with Crippen molar-refractivity contribution in [3.63, 3.8) is 0 Å². The van der Waals surface area contributed by atoms with Crippen LogP contribution in [0, 0.1) is 3.57 Å². The third-order valence-electron chi connectivity index (χ3n) is 5.18. The summed E-state index contributed by atoms with van der Waals surface area (Å²) >= 11 is 2.18. The van der Waals surface area contributed by atoms with Crippen molar-refractivity contribution in [3.05, 3.63) is 68.9 Å². The Labute approximate surface area is 178 Å². The van der Waals surface area contributed by atoms with Crippen LogP contribution >= 0.6 is 22.6 Å². The Bertz CT molecular complexity index is 931. The van der Waals surface area contributed by atoms with Crippen LogP contribution < -0.4 is 10.6 Å². The summed E-state index contributed by atoms with van der Waals surface area (Å²) in [6.07, 6.45) is 5.60. The fraction of sp³-hybridized carbons (Fsp3) is 0.273. The standard InChI is InChI=1S/C22H22IN3O2/c23-16-6-9-18-19(12-16)20(22(28)25-21(18)27)13-24-17-7-4-15(5-8-17)14-26-10-2-1-3-11-26/h4-9,12-13,24H,1-3,10-11,14H2,(H,25,27,28). The van der Waals surface area contributed by atoms with Gasteiger partial charge in [-0.2, -0.15) is 0 Å². The summed E-state index contributed by atoms with van der Waals surface area (Å²) < 4.78 is 0.979. The van der Waals surface area contributed by atoms with Crippen LogP contribution in [-0.4, -0.2) is 29.8 Å². The molecular formula is C22H22IN3O2. The van der Waals surface area contributed by atoms with Gasteiger partial charge in [-0.15, -0.1) is 0 Å². The highest BCUT2D eigenvalue weighted by Crippen LogP contribution is 2.26. The first-order valence-electron chi connectivity index (χ1n) is 9.54. The van der Waals surface area contributed by atoms with E-state index in [-0.39, 0.29) is 11.8 Å². The van der Waals surface area contributed by atoms with Crippen molar-refractivity contribution in [1.29, 1.82) is 0 Å². The number of piperidine rings is 1. The highest BCUT2D eigenvalue weighted by Gasteiger charge is 2.27. The molecule has 0 saturated carbocycles. The molecule has 5 nitrogen and oxygen atoms in total. The summed E-state index contributed by atoms with van der Waals surface area (Å²) in [6.45, 7) is 3.34. The summed E-state index contributed by atoms with van der Waals surface area (Å²) in [5.41, 5.74) is 3.85. The Kier molecular flexibility index (Phi) is 5.77. The molecule has 0 aliphatic carbocycles. The first kappa shape index (κ1) is 19.1. The van der Waals surface area contributed by atoms with Crippen molar-refractivity contribution in [3.8, 4) is 0 Å². The second-order valence-corrected chi connectivity index (χ2v) is 8.45. The van der Waals surface area contributed by atoms with Gasteiger partial charge in [0.15, 0.2) is 0 Å². The fourth-order valence-corrected chi connectivity index (χ4v) is 4.17. The molecule has 2 heterocycles. The number of hydrogen-bond donors (Lipinski definition) is 2. The maximum Gasteiger partial charge on any atom is 0.260 e. The molecule has 2 amide bonds. The van der Waals surface area contributed by atoms with E-state index in [1.54, 1.807) is 12.3 Å². The van der Waals surface area contributed by atoms with Crippen LogP contribution in [0.15, 0.2) is 48.7 Å². The number of anilines is 1. The lowest BCUT2D eigenvalue weighted by Crippen LogP contribution is -2.36. The van der Waals surface area contributed by atoms with E-state index in [1.165, 1.54) is 37.9 Å². The topological polar surface area (TPSA) is 61.4 Å². The van der Waals surface area contributed by atoms with Crippen molar-refractivity contribution >= 4 is 45.7 Å². The van der Waals surface area contributed by atoms with Crippen molar-refractivity contribution < 1.29 is 9.59 Å². The molecule has 4 rings (SSSR count). The van der Waals surface area contributed by atoms with Crippen molar-refractivity contribution in [2.24, 2.45) is 0 Å². The van der Waals surface area contributed by atoms with Gasteiger partial charge in [-0.3, -0.25) is 19.8 Å². The average Bonchev–Trinajstić information content (AvgIpc) is 2.69. The lowest BCUT2D eigenvalue weighted by Gasteiger charge is -2.26. The second-order valence-electron chi connectivity index (χ2n) is 7.21. The number of nitrogens with zero attached hydrogens (tertiary/aromatic N) is 1. The summed E-state index contributed by atoms with van der Waals surface area (Å²) in [6, 6.07) is 13.8. The van der Waals surface area contributed by atoms with Gasteiger partial charge >= 0.3 is 0 Å². The summed E-state index contributed by atoms with van der Waals surface area (Å²) in [5.74, 6) is -0.732. The van der Waals surface area contributed by atoms with Crippen LogP contribution in [-0.2, 0) is 11.3 Å². The number of benzene rings is 2. The number of imide groups is 1. The minimum atomic E-state index is -0.381. The molecular weight excluding hydrogens is 465 g/mol. The molecule has 2 aliphatic heterocycles. The van der Waals surface area contributed by atoms with Crippen molar-refractivity contribution in [2.75, 3.05) is 18.4 Å². The van der Waals surface area contributed by atoms with E-state index in [1.807, 2.05) is 24.3 Å². The first-order valence-corrected chi connectivity index (χ1v) is 10.6. The van der Waals surface area contributed by atoms with E-state index < -0.39 is 0 Å². The van der Waals surface area contributed by atoms with Gasteiger partial charge in [0.1, 0.15) is 0 Å². The number of carbonyl (C=O) groups is 2. The summed E-state index contributed by atoms with van der Waals surface area (Å²) in [4.78, 5) is 26.9. The number of amides is 2. The molecule has 0 spiro atoms. The van der Waals surface area contributed by atoms with Crippen molar-refractivity contribution in [2.45, 2.75) is 25.8 Å². The SMILES string of the molecule is O=C1NC(=O)c2ccc(I)cc2C1=CNc1ccc(CN2CCCCC2)cc1. The second kappa shape index (κ2) is 8.45. The molecule has 2 aromatic rings. The minimum Gasteiger partial charge on any atom is -0.361 e. The van der Waals surface area contributed by atoms with Gasteiger partial charge in [-0.25, -0.2) is 0 Å². The van der Waals surface area contributed by atoms with Gasteiger partial charge < -0.3 is 5.32 Å². The van der Waals surface area contributed by atoms with Crippen LogP contribution in [0.25, 0.3) is 5.57 Å². The molecule has 2 N–H and O–H groups in total. The zero-order valence-electron chi connectivity index (χ0n) is 15.5. The number of hydrogen-bond acceptors (Lipinski definition) is 4. The number of nitrogens with one attached hydrogen (secondary N) is 2. The lowest BCUT2D eigenvalue weighted by molar-refractivity contribution is -0.114. The quantitative estimate of drug-likeness (QED) is 0.389. The molecule has 144 valence electrons. The van der Waals surface area contributed by atoms with Crippen LogP contribution in [0.5, 0.6) is 0 Å². The van der Waals surface area contributed by atoms with Crippen LogP contribution in [0.2, 0.25) is 0 Å². The zero-order chi connectivity index (χ0) is 19.5. The molecule has 28 heavy (non-hydrogen) atoms. The van der Waals surface area contributed by atoms with Gasteiger partial charge in [0.25, 0.3) is 11.8 Å². The average molecular weight is 487 g/mol. The van der Waals surface area contributed by atoms with Gasteiger partial charge in [-0.05, 0) is 84.4 Å². The molecule has 0 radical (unpaired) electrons.